The molecule has 0 bridgehead atoms. The standard InChI is InChI=1S/C24H33N5O.HI/c1-25-24(26-15-20-10-7-11-21(14-20)27(2)3)29-17-22-23(18-29)30-13-12-28(22)16-19-8-5-4-6-9-19;/h4-11,14,22-23H,12-13,15-18H2,1-3H3,(H,25,26);1H. The Bertz CT molecular complexity index is 860. The fourth-order valence-electron chi connectivity index (χ4n) is 4.40. The number of nitrogens with one attached hydrogen (secondary N) is 1. The average Bonchev–Trinajstić information content (AvgIpc) is 3.20. The summed E-state index contributed by atoms with van der Waals surface area (Å²) >= 11 is 0. The van der Waals surface area contributed by atoms with Gasteiger partial charge in [0.25, 0.3) is 0 Å². The first-order valence-electron chi connectivity index (χ1n) is 10.8. The monoisotopic (exact) mass is 535 g/mol. The Kier molecular flexibility index (Phi) is 8.57. The molecule has 2 aliphatic rings. The molecule has 4 rings (SSSR count). The largest absolute Gasteiger partial charge is 0.378 e. The van der Waals surface area contributed by atoms with Gasteiger partial charge in [0.15, 0.2) is 5.96 Å². The molecule has 0 amide bonds. The third-order valence-corrected chi connectivity index (χ3v) is 6.03. The third-order valence-electron chi connectivity index (χ3n) is 6.03. The van der Waals surface area contributed by atoms with Crippen LogP contribution in [-0.2, 0) is 17.8 Å². The number of rotatable bonds is 5. The molecule has 2 aromatic rings. The quantitative estimate of drug-likeness (QED) is 0.363. The second-order valence-corrected chi connectivity index (χ2v) is 8.30. The van der Waals surface area contributed by atoms with E-state index in [1.54, 1.807) is 0 Å². The summed E-state index contributed by atoms with van der Waals surface area (Å²) in [6.45, 7) is 5.33. The van der Waals surface area contributed by atoms with Gasteiger partial charge in [-0.25, -0.2) is 0 Å². The minimum Gasteiger partial charge on any atom is -0.378 e. The molecule has 2 aromatic carbocycles. The summed E-state index contributed by atoms with van der Waals surface area (Å²) in [6.07, 6.45) is 0.234. The zero-order valence-corrected chi connectivity index (χ0v) is 21.0. The normalized spacial score (nSPS) is 21.4. The van der Waals surface area contributed by atoms with Crippen LogP contribution in [0.25, 0.3) is 0 Å². The highest BCUT2D eigenvalue weighted by molar-refractivity contribution is 14.0. The first kappa shape index (κ1) is 23.8. The summed E-state index contributed by atoms with van der Waals surface area (Å²) in [7, 11) is 6.00. The lowest BCUT2D eigenvalue weighted by atomic mass is 10.1. The van der Waals surface area contributed by atoms with E-state index in [9.17, 15) is 0 Å². The lowest BCUT2D eigenvalue weighted by molar-refractivity contribution is -0.0502. The summed E-state index contributed by atoms with van der Waals surface area (Å²) in [4.78, 5) is 11.6. The van der Waals surface area contributed by atoms with E-state index in [1.807, 2.05) is 7.05 Å². The molecule has 0 radical (unpaired) electrons. The zero-order valence-electron chi connectivity index (χ0n) is 18.7. The van der Waals surface area contributed by atoms with Gasteiger partial charge < -0.3 is 19.9 Å². The van der Waals surface area contributed by atoms with Crippen LogP contribution in [0.1, 0.15) is 11.1 Å². The number of ether oxygens (including phenoxy) is 1. The number of morpholine rings is 1. The van der Waals surface area contributed by atoms with Crippen molar-refractivity contribution in [2.24, 2.45) is 4.99 Å². The maximum absolute atomic E-state index is 6.13. The maximum atomic E-state index is 6.13. The zero-order chi connectivity index (χ0) is 20.9. The smallest absolute Gasteiger partial charge is 0.194 e. The Morgan fingerprint density at radius 1 is 1.10 bits per heavy atom. The number of fused-ring (bicyclic) bond motifs is 1. The van der Waals surface area contributed by atoms with Crippen molar-refractivity contribution in [3.8, 4) is 0 Å². The predicted molar refractivity (Wildman–Crippen MR) is 138 cm³/mol. The van der Waals surface area contributed by atoms with Gasteiger partial charge in [0.1, 0.15) is 0 Å². The van der Waals surface area contributed by atoms with Gasteiger partial charge in [0.05, 0.1) is 18.8 Å². The predicted octanol–water partition coefficient (Wildman–Crippen LogP) is 3.03. The van der Waals surface area contributed by atoms with Crippen LogP contribution in [-0.4, -0.2) is 75.3 Å². The fourth-order valence-corrected chi connectivity index (χ4v) is 4.40. The summed E-state index contributed by atoms with van der Waals surface area (Å²) in [5, 5.41) is 3.55. The van der Waals surface area contributed by atoms with E-state index < -0.39 is 0 Å². The van der Waals surface area contributed by atoms with E-state index in [-0.39, 0.29) is 30.1 Å². The van der Waals surface area contributed by atoms with Crippen LogP contribution < -0.4 is 10.2 Å². The van der Waals surface area contributed by atoms with E-state index in [1.165, 1.54) is 16.8 Å². The average molecular weight is 535 g/mol. The minimum absolute atomic E-state index is 0. The molecule has 2 heterocycles. The first-order chi connectivity index (χ1) is 14.6. The Balaban J connectivity index is 0.00000272. The number of nitrogens with zero attached hydrogens (tertiary/aromatic N) is 4. The number of likely N-dealkylation sites (tertiary alicyclic amines) is 1. The van der Waals surface area contributed by atoms with E-state index in [0.29, 0.717) is 6.04 Å². The number of hydrogen-bond acceptors (Lipinski definition) is 4. The molecule has 2 atom stereocenters. The van der Waals surface area contributed by atoms with Crippen molar-refractivity contribution >= 4 is 35.6 Å². The highest BCUT2D eigenvalue weighted by Gasteiger charge is 2.41. The van der Waals surface area contributed by atoms with Gasteiger partial charge in [-0.1, -0.05) is 42.5 Å². The van der Waals surface area contributed by atoms with Crippen LogP contribution in [0.3, 0.4) is 0 Å². The summed E-state index contributed by atoms with van der Waals surface area (Å²) in [5.74, 6) is 0.947. The third kappa shape index (κ3) is 5.90. The first-order valence-corrected chi connectivity index (χ1v) is 10.8. The van der Waals surface area contributed by atoms with Gasteiger partial charge in [0.2, 0.25) is 0 Å². The number of hydrogen-bond donors (Lipinski definition) is 1. The fraction of sp³-hybridized carbons (Fsp3) is 0.458. The molecular weight excluding hydrogens is 501 g/mol. The SMILES string of the molecule is CN=C(NCc1cccc(N(C)C)c1)N1CC2OCCN(Cc3ccccc3)C2C1.I. The molecule has 2 aliphatic heterocycles. The van der Waals surface area contributed by atoms with E-state index in [4.69, 9.17) is 4.74 Å². The van der Waals surface area contributed by atoms with Crippen molar-refractivity contribution < 1.29 is 4.74 Å². The van der Waals surface area contributed by atoms with Gasteiger partial charge in [-0.05, 0) is 23.3 Å². The summed E-state index contributed by atoms with van der Waals surface area (Å²) < 4.78 is 6.13. The molecule has 0 saturated carbocycles. The Morgan fingerprint density at radius 3 is 2.61 bits per heavy atom. The molecule has 2 fully saturated rings. The van der Waals surface area contributed by atoms with Crippen molar-refractivity contribution in [1.29, 1.82) is 0 Å². The molecule has 0 aliphatic carbocycles. The van der Waals surface area contributed by atoms with Crippen molar-refractivity contribution in [3.05, 3.63) is 65.7 Å². The highest BCUT2D eigenvalue weighted by Crippen LogP contribution is 2.25. The van der Waals surface area contributed by atoms with Crippen LogP contribution >= 0.6 is 24.0 Å². The molecule has 0 aromatic heterocycles. The van der Waals surface area contributed by atoms with Crippen LogP contribution in [0.4, 0.5) is 5.69 Å². The van der Waals surface area contributed by atoms with E-state index in [0.717, 1.165) is 45.3 Å². The van der Waals surface area contributed by atoms with Gasteiger partial charge in [0, 0.05) is 59.6 Å². The van der Waals surface area contributed by atoms with Gasteiger partial charge in [-0.15, -0.1) is 24.0 Å². The van der Waals surface area contributed by atoms with Crippen molar-refractivity contribution in [1.82, 2.24) is 15.1 Å². The lowest BCUT2D eigenvalue weighted by Crippen LogP contribution is -2.50. The summed E-state index contributed by atoms with van der Waals surface area (Å²) in [6, 6.07) is 19.7. The van der Waals surface area contributed by atoms with Crippen LogP contribution in [0.15, 0.2) is 59.6 Å². The Labute approximate surface area is 203 Å². The van der Waals surface area contributed by atoms with E-state index in [2.05, 4.69) is 93.7 Å². The van der Waals surface area contributed by atoms with Gasteiger partial charge in [-0.2, -0.15) is 0 Å². The molecule has 6 nitrogen and oxygen atoms in total. The summed E-state index contributed by atoms with van der Waals surface area (Å²) in [5.41, 5.74) is 3.82. The Hall–Kier alpha value is -1.84. The van der Waals surface area contributed by atoms with Crippen LogP contribution in [0, 0.1) is 0 Å². The molecule has 0 spiro atoms. The molecule has 1 N–H and O–H groups in total. The van der Waals surface area contributed by atoms with E-state index >= 15 is 0 Å². The molecule has 2 saturated heterocycles. The second-order valence-electron chi connectivity index (χ2n) is 8.30. The van der Waals surface area contributed by atoms with Crippen LogP contribution in [0.5, 0.6) is 0 Å². The number of halogens is 1. The molecule has 31 heavy (non-hydrogen) atoms. The minimum atomic E-state index is 0. The van der Waals surface area contributed by atoms with Crippen molar-refractivity contribution in [3.63, 3.8) is 0 Å². The second kappa shape index (κ2) is 11.2. The van der Waals surface area contributed by atoms with Gasteiger partial charge in [-0.3, -0.25) is 9.89 Å². The molecule has 2 unspecified atom stereocenters. The maximum Gasteiger partial charge on any atom is 0.194 e. The van der Waals surface area contributed by atoms with Crippen LogP contribution in [0.2, 0.25) is 0 Å². The number of anilines is 1. The van der Waals surface area contributed by atoms with Crippen molar-refractivity contribution in [2.75, 3.05) is 52.3 Å². The van der Waals surface area contributed by atoms with Crippen molar-refractivity contribution in [2.45, 2.75) is 25.2 Å². The molecule has 7 heteroatoms. The lowest BCUT2D eigenvalue weighted by Gasteiger charge is -2.36. The number of aliphatic imine (C=N–C) groups is 1. The Morgan fingerprint density at radius 2 is 1.87 bits per heavy atom. The topological polar surface area (TPSA) is 43.3 Å². The number of guanidine groups is 1. The highest BCUT2D eigenvalue weighted by atomic mass is 127. The number of benzene rings is 2. The molecular formula is C24H34IN5O. The molecule has 168 valence electrons. The van der Waals surface area contributed by atoms with Gasteiger partial charge >= 0.3 is 0 Å².